The molecule has 1 heterocycles. The van der Waals surface area contributed by atoms with Gasteiger partial charge in [-0.15, -0.1) is 0 Å². The Morgan fingerprint density at radius 3 is 1.09 bits per heavy atom. The Bertz CT molecular complexity index is 1310. The summed E-state index contributed by atoms with van der Waals surface area (Å²) in [6.07, 6.45) is 69.6. The molecule has 0 saturated carbocycles. The molecule has 9 nitrogen and oxygen atoms in total. The quantitative estimate of drug-likeness (QED) is 0.0261. The fourth-order valence-electron chi connectivity index (χ4n) is 10.9. The number of hydrogen-bond donors (Lipinski definition) is 6. The molecule has 1 saturated heterocycles. The summed E-state index contributed by atoms with van der Waals surface area (Å²) in [7, 11) is 0. The monoisotopic (exact) mass is 1090 g/mol. The number of allylic oxidation sites excluding steroid dienone is 5. The van der Waals surface area contributed by atoms with Crippen LogP contribution in [0.25, 0.3) is 0 Å². The van der Waals surface area contributed by atoms with Gasteiger partial charge in [-0.1, -0.05) is 307 Å². The van der Waals surface area contributed by atoms with Crippen LogP contribution < -0.4 is 5.32 Å². The lowest BCUT2D eigenvalue weighted by atomic mass is 9.99. The number of rotatable bonds is 59. The van der Waals surface area contributed by atoms with Gasteiger partial charge in [-0.25, -0.2) is 0 Å². The van der Waals surface area contributed by atoms with Gasteiger partial charge in [0, 0.05) is 6.42 Å². The van der Waals surface area contributed by atoms with Crippen LogP contribution in [-0.4, -0.2) is 87.5 Å². The third kappa shape index (κ3) is 46.7. The Hall–Kier alpha value is -1.59. The highest BCUT2D eigenvalue weighted by Gasteiger charge is 2.44. The Kier molecular flexibility index (Phi) is 55.0. The molecular weight excluding hydrogens is 959 g/mol. The van der Waals surface area contributed by atoms with Crippen LogP contribution in [0, 0.1) is 0 Å². The summed E-state index contributed by atoms with van der Waals surface area (Å²) in [6.45, 7) is 3.81. The predicted molar refractivity (Wildman–Crippen MR) is 327 cm³/mol. The van der Waals surface area contributed by atoms with Crippen molar-refractivity contribution >= 4 is 5.91 Å². The maximum Gasteiger partial charge on any atom is 0.220 e. The molecule has 0 aliphatic carbocycles. The van der Waals surface area contributed by atoms with E-state index in [0.29, 0.717) is 6.42 Å². The van der Waals surface area contributed by atoms with E-state index >= 15 is 0 Å². The molecule has 1 aliphatic heterocycles. The number of carbonyl (C=O) groups is 1. The second-order valence-electron chi connectivity index (χ2n) is 23.6. The summed E-state index contributed by atoms with van der Waals surface area (Å²) in [5.74, 6) is -0.180. The highest BCUT2D eigenvalue weighted by Crippen LogP contribution is 2.23. The normalized spacial score (nSPS) is 18.9. The fraction of sp³-hybridized carbons (Fsp3) is 0.897. The smallest absolute Gasteiger partial charge is 0.220 e. The molecule has 1 aliphatic rings. The van der Waals surface area contributed by atoms with Crippen molar-refractivity contribution in [2.75, 3.05) is 13.2 Å². The number of ether oxygens (including phenoxy) is 2. The zero-order valence-corrected chi connectivity index (χ0v) is 50.7. The molecule has 0 aromatic carbocycles. The summed E-state index contributed by atoms with van der Waals surface area (Å²) in [5.41, 5.74) is 0. The van der Waals surface area contributed by atoms with Crippen LogP contribution in [-0.2, 0) is 14.3 Å². The minimum atomic E-state index is -1.57. The van der Waals surface area contributed by atoms with E-state index in [9.17, 15) is 30.3 Å². The summed E-state index contributed by atoms with van der Waals surface area (Å²) in [5, 5.41) is 54.7. The Morgan fingerprint density at radius 2 is 0.740 bits per heavy atom. The van der Waals surface area contributed by atoms with Crippen LogP contribution in [0.2, 0.25) is 0 Å². The van der Waals surface area contributed by atoms with Crippen LogP contribution in [0.15, 0.2) is 36.5 Å². The number of nitrogens with one attached hydrogen (secondary N) is 1. The average molecular weight is 1090 g/mol. The van der Waals surface area contributed by atoms with Crippen molar-refractivity contribution in [3.8, 4) is 0 Å². The highest BCUT2D eigenvalue weighted by molar-refractivity contribution is 5.76. The largest absolute Gasteiger partial charge is 0.394 e. The molecule has 454 valence electrons. The third-order valence-electron chi connectivity index (χ3n) is 16.2. The van der Waals surface area contributed by atoms with Gasteiger partial charge in [0.2, 0.25) is 5.91 Å². The van der Waals surface area contributed by atoms with Gasteiger partial charge < -0.3 is 40.3 Å². The molecule has 77 heavy (non-hydrogen) atoms. The lowest BCUT2D eigenvalue weighted by Gasteiger charge is -2.40. The van der Waals surface area contributed by atoms with Gasteiger partial charge in [-0.3, -0.25) is 4.79 Å². The lowest BCUT2D eigenvalue weighted by molar-refractivity contribution is -0.302. The van der Waals surface area contributed by atoms with Gasteiger partial charge in [0.25, 0.3) is 0 Å². The molecule has 7 unspecified atom stereocenters. The SMILES string of the molecule is CCCCCCCCCC/C=C\CCCCCCCCCCCCCCCCCCCC(=O)NC(COC1OC(CO)C(O)C(O)C1O)C(O)/C=C/CC/C=C/CCCCCCCCCCCCCCCCCCCCC. The standard InChI is InChI=1S/C68H129NO8/c1-3-5-7-9-11-13-15-17-19-21-23-25-27-29-30-31-32-34-36-38-40-42-44-46-48-50-52-54-56-58-64(72)69-61(60-76-68-67(75)66(74)65(73)63(59-70)77-68)62(71)57-55-53-51-49-47-45-43-41-39-37-35-33-28-26-24-22-20-18-16-14-12-10-8-6-4-2/h21,23,47,49,55,57,61-63,65-68,70-71,73-75H,3-20,22,24-46,48,50-54,56,58-60H2,1-2H3,(H,69,72)/b23-21-,49-47+,57-55+. The highest BCUT2D eigenvalue weighted by atomic mass is 16.7. The zero-order chi connectivity index (χ0) is 55.8. The minimum Gasteiger partial charge on any atom is -0.394 e. The minimum absolute atomic E-state index is 0.180. The van der Waals surface area contributed by atoms with Crippen molar-refractivity contribution in [1.82, 2.24) is 5.32 Å². The van der Waals surface area contributed by atoms with Crippen molar-refractivity contribution in [3.05, 3.63) is 36.5 Å². The molecule has 0 spiro atoms. The first-order chi connectivity index (χ1) is 37.8. The van der Waals surface area contributed by atoms with Crippen LogP contribution in [0.5, 0.6) is 0 Å². The van der Waals surface area contributed by atoms with E-state index in [1.54, 1.807) is 6.08 Å². The van der Waals surface area contributed by atoms with Crippen LogP contribution in [0.4, 0.5) is 0 Å². The van der Waals surface area contributed by atoms with Crippen LogP contribution >= 0.6 is 0 Å². The topological polar surface area (TPSA) is 149 Å². The van der Waals surface area contributed by atoms with E-state index in [-0.39, 0.29) is 12.5 Å². The molecule has 0 aromatic heterocycles. The summed E-state index contributed by atoms with van der Waals surface area (Å²) >= 11 is 0. The number of aliphatic hydroxyl groups is 5. The zero-order valence-electron chi connectivity index (χ0n) is 50.7. The molecule has 0 bridgehead atoms. The van der Waals surface area contributed by atoms with Gasteiger partial charge in [0.1, 0.15) is 24.4 Å². The number of unbranched alkanes of at least 4 members (excludes halogenated alkanes) is 45. The average Bonchev–Trinajstić information content (AvgIpc) is 3.43. The second-order valence-corrected chi connectivity index (χ2v) is 23.6. The van der Waals surface area contributed by atoms with E-state index < -0.39 is 49.5 Å². The number of carbonyl (C=O) groups excluding carboxylic acids is 1. The maximum absolute atomic E-state index is 13.1. The summed E-state index contributed by atoms with van der Waals surface area (Å²) < 4.78 is 11.3. The lowest BCUT2D eigenvalue weighted by Crippen LogP contribution is -2.60. The first-order valence-electron chi connectivity index (χ1n) is 33.7. The number of hydrogen-bond acceptors (Lipinski definition) is 8. The van der Waals surface area contributed by atoms with Gasteiger partial charge in [0.05, 0.1) is 25.4 Å². The van der Waals surface area contributed by atoms with E-state index in [2.05, 4.69) is 43.5 Å². The van der Waals surface area contributed by atoms with Crippen molar-refractivity contribution in [2.45, 2.75) is 378 Å². The van der Waals surface area contributed by atoms with Crippen molar-refractivity contribution in [1.29, 1.82) is 0 Å². The molecule has 1 amide bonds. The Morgan fingerprint density at radius 1 is 0.429 bits per heavy atom. The first kappa shape index (κ1) is 73.4. The molecule has 1 fully saturated rings. The van der Waals surface area contributed by atoms with Crippen molar-refractivity contribution in [3.63, 3.8) is 0 Å². The van der Waals surface area contributed by atoms with Crippen LogP contribution in [0.1, 0.15) is 335 Å². The number of amides is 1. The fourth-order valence-corrected chi connectivity index (χ4v) is 10.9. The van der Waals surface area contributed by atoms with Gasteiger partial charge in [-0.2, -0.15) is 0 Å². The number of aliphatic hydroxyl groups excluding tert-OH is 5. The van der Waals surface area contributed by atoms with Crippen molar-refractivity contribution < 1.29 is 39.8 Å². The van der Waals surface area contributed by atoms with Gasteiger partial charge >= 0.3 is 0 Å². The molecule has 6 N–H and O–H groups in total. The second kappa shape index (κ2) is 57.6. The molecule has 7 atom stereocenters. The van der Waals surface area contributed by atoms with Gasteiger partial charge in [0.15, 0.2) is 6.29 Å². The first-order valence-corrected chi connectivity index (χ1v) is 33.7. The Balaban J connectivity index is 2.16. The van der Waals surface area contributed by atoms with Crippen molar-refractivity contribution in [2.24, 2.45) is 0 Å². The molecular formula is C68H129NO8. The van der Waals surface area contributed by atoms with Gasteiger partial charge in [-0.05, 0) is 57.8 Å². The van der Waals surface area contributed by atoms with E-state index in [0.717, 1.165) is 38.5 Å². The van der Waals surface area contributed by atoms with E-state index in [1.165, 1.54) is 276 Å². The molecule has 1 rings (SSSR count). The summed E-state index contributed by atoms with van der Waals surface area (Å²) in [4.78, 5) is 13.1. The Labute approximate surface area is 476 Å². The molecule has 9 heteroatoms. The third-order valence-corrected chi connectivity index (χ3v) is 16.2. The van der Waals surface area contributed by atoms with E-state index in [1.807, 2.05) is 6.08 Å². The molecule has 0 radical (unpaired) electrons. The molecule has 0 aromatic rings. The predicted octanol–water partition coefficient (Wildman–Crippen LogP) is 17.9. The van der Waals surface area contributed by atoms with E-state index in [4.69, 9.17) is 9.47 Å². The van der Waals surface area contributed by atoms with Crippen LogP contribution in [0.3, 0.4) is 0 Å². The summed E-state index contributed by atoms with van der Waals surface area (Å²) in [6, 6.07) is -0.822. The maximum atomic E-state index is 13.1.